The smallest absolute Gasteiger partial charge is 0.464 e. The van der Waals surface area contributed by atoms with Crippen LogP contribution in [0.2, 0.25) is 5.02 Å². The predicted octanol–water partition coefficient (Wildman–Crippen LogP) is 5.42. The van der Waals surface area contributed by atoms with Crippen LogP contribution in [0.5, 0.6) is 0 Å². The Bertz CT molecular complexity index is 1510. The van der Waals surface area contributed by atoms with E-state index in [0.29, 0.717) is 5.46 Å². The van der Waals surface area contributed by atoms with Gasteiger partial charge in [0.1, 0.15) is 16.5 Å². The molecule has 0 radical (unpaired) electrons. The number of thiazole rings is 1. The summed E-state index contributed by atoms with van der Waals surface area (Å²) in [5.41, 5.74) is 0.790. The Balaban J connectivity index is 1.62. The quantitative estimate of drug-likeness (QED) is 0.346. The molecule has 1 aliphatic heterocycles. The van der Waals surface area contributed by atoms with Crippen LogP contribution >= 0.6 is 22.9 Å². The Kier molecular flexibility index (Phi) is 7.73. The van der Waals surface area contributed by atoms with Crippen molar-refractivity contribution in [3.63, 3.8) is 0 Å². The van der Waals surface area contributed by atoms with Gasteiger partial charge in [-0.15, -0.1) is 15.6 Å². The third-order valence-electron chi connectivity index (χ3n) is 6.72. The van der Waals surface area contributed by atoms with Crippen LogP contribution in [0, 0.1) is 11.6 Å². The molecule has 0 bridgehead atoms. The molecule has 9 nitrogen and oxygen atoms in total. The van der Waals surface area contributed by atoms with E-state index in [1.165, 1.54) is 17.0 Å². The Labute approximate surface area is 233 Å². The molecule has 1 amide bonds. The third-order valence-corrected chi connectivity index (χ3v) is 9.30. The molecule has 3 aromatic rings. The minimum Gasteiger partial charge on any atom is -0.464 e. The van der Waals surface area contributed by atoms with Crippen LogP contribution in [0.4, 0.5) is 25.1 Å². The molecule has 4 rings (SSSR count). The van der Waals surface area contributed by atoms with Crippen molar-refractivity contribution >= 4 is 63.1 Å². The molecule has 39 heavy (non-hydrogen) atoms. The molecule has 15 heteroatoms. The van der Waals surface area contributed by atoms with Gasteiger partial charge in [-0.1, -0.05) is 23.7 Å². The molecule has 0 saturated carbocycles. The molecular formula is C24H25BClF2N3O6S2. The first-order valence-electron chi connectivity index (χ1n) is 11.6. The van der Waals surface area contributed by atoms with E-state index in [4.69, 9.17) is 20.9 Å². The van der Waals surface area contributed by atoms with Crippen LogP contribution in [0.1, 0.15) is 46.2 Å². The summed E-state index contributed by atoms with van der Waals surface area (Å²) in [4.78, 5) is 14.4. The highest BCUT2D eigenvalue weighted by Gasteiger charge is 2.51. The number of rotatable bonds is 7. The molecule has 2 heterocycles. The first kappa shape index (κ1) is 29.2. The van der Waals surface area contributed by atoms with E-state index >= 15 is 4.39 Å². The minimum atomic E-state index is -4.91. The van der Waals surface area contributed by atoms with Crippen molar-refractivity contribution in [2.75, 3.05) is 9.62 Å². The fourth-order valence-corrected chi connectivity index (χ4v) is 6.08. The summed E-state index contributed by atoms with van der Waals surface area (Å²) in [5.74, 6) is -2.22. The fraction of sp³-hybridized carbons (Fsp3) is 0.333. The fourth-order valence-electron chi connectivity index (χ4n) is 3.90. The van der Waals surface area contributed by atoms with E-state index < -0.39 is 62.8 Å². The van der Waals surface area contributed by atoms with Crippen LogP contribution in [-0.4, -0.2) is 42.9 Å². The summed E-state index contributed by atoms with van der Waals surface area (Å²) in [6.07, 6.45) is -1.87. The van der Waals surface area contributed by atoms with E-state index in [9.17, 15) is 22.7 Å². The molecule has 1 atom stereocenters. The van der Waals surface area contributed by atoms with Gasteiger partial charge >= 0.3 is 13.2 Å². The van der Waals surface area contributed by atoms with Gasteiger partial charge in [-0.2, -0.15) is 0 Å². The maximum Gasteiger partial charge on any atom is 0.494 e. The summed E-state index contributed by atoms with van der Waals surface area (Å²) in [7, 11) is -5.65. The number of aromatic nitrogens is 1. The van der Waals surface area contributed by atoms with Crippen molar-refractivity contribution in [1.29, 1.82) is 0 Å². The predicted molar refractivity (Wildman–Crippen MR) is 145 cm³/mol. The molecule has 0 unspecified atom stereocenters. The molecule has 2 N–H and O–H groups in total. The highest BCUT2D eigenvalue weighted by atomic mass is 35.5. The van der Waals surface area contributed by atoms with Crippen LogP contribution in [0.15, 0.2) is 46.1 Å². The summed E-state index contributed by atoms with van der Waals surface area (Å²) in [6.45, 7) is 9.20. The van der Waals surface area contributed by atoms with Crippen molar-refractivity contribution in [2.24, 2.45) is 0 Å². The number of halogens is 3. The number of hydrogen-bond acceptors (Lipinski definition) is 8. The molecule has 1 aromatic heterocycles. The number of sulfonamides is 1. The highest BCUT2D eigenvalue weighted by molar-refractivity contribution is 7.93. The van der Waals surface area contributed by atoms with Gasteiger partial charge in [-0.05, 0) is 58.3 Å². The minimum absolute atomic E-state index is 0.0309. The number of carboxylic acid groups (broad SMARTS) is 1. The largest absolute Gasteiger partial charge is 0.494 e. The van der Waals surface area contributed by atoms with Gasteiger partial charge in [0.25, 0.3) is 10.0 Å². The van der Waals surface area contributed by atoms with E-state index in [-0.39, 0.29) is 20.6 Å². The number of nitrogens with zero attached hydrogens (tertiary/aromatic N) is 2. The summed E-state index contributed by atoms with van der Waals surface area (Å²) in [5, 5.41) is 13.3. The van der Waals surface area contributed by atoms with E-state index in [2.05, 4.69) is 10.3 Å². The molecule has 0 spiro atoms. The van der Waals surface area contributed by atoms with E-state index in [0.717, 1.165) is 23.5 Å². The summed E-state index contributed by atoms with van der Waals surface area (Å²) < 4.78 is 68.0. The van der Waals surface area contributed by atoms with Crippen LogP contribution < -0.4 is 15.1 Å². The Hall–Kier alpha value is -2.78. The van der Waals surface area contributed by atoms with Crippen LogP contribution in [0.25, 0.3) is 0 Å². The van der Waals surface area contributed by atoms with Gasteiger partial charge in [-0.3, -0.25) is 0 Å². The lowest BCUT2D eigenvalue weighted by molar-refractivity contribution is 0.00578. The topological polar surface area (TPSA) is 118 Å². The van der Waals surface area contributed by atoms with Gasteiger partial charge in [0.15, 0.2) is 5.82 Å². The van der Waals surface area contributed by atoms with Gasteiger partial charge in [-0.25, -0.2) is 27.0 Å². The van der Waals surface area contributed by atoms with Gasteiger partial charge in [0.2, 0.25) is 0 Å². The monoisotopic (exact) mass is 599 g/mol. The summed E-state index contributed by atoms with van der Waals surface area (Å²) in [6, 6.07) is 5.24. The number of benzene rings is 2. The lowest BCUT2D eigenvalue weighted by atomic mass is 9.78. The van der Waals surface area contributed by atoms with Gasteiger partial charge < -0.3 is 19.7 Å². The van der Waals surface area contributed by atoms with Gasteiger partial charge in [0.05, 0.1) is 33.5 Å². The number of amides is 1. The maximum atomic E-state index is 15.1. The molecule has 1 saturated heterocycles. The number of hydrogen-bond donors (Lipinski definition) is 2. The van der Waals surface area contributed by atoms with Crippen LogP contribution in [-0.2, 0) is 19.3 Å². The normalized spacial score (nSPS) is 17.2. The van der Waals surface area contributed by atoms with Crippen molar-refractivity contribution in [1.82, 2.24) is 4.98 Å². The Morgan fingerprint density at radius 1 is 1.15 bits per heavy atom. The zero-order chi connectivity index (χ0) is 28.9. The average Bonchev–Trinajstić information content (AvgIpc) is 3.41. The third kappa shape index (κ3) is 5.48. The van der Waals surface area contributed by atoms with Crippen molar-refractivity contribution in [2.45, 2.75) is 56.8 Å². The molecular weight excluding hydrogens is 575 g/mol. The van der Waals surface area contributed by atoms with Crippen LogP contribution in [0.3, 0.4) is 0 Å². The molecule has 2 aromatic carbocycles. The molecule has 0 aliphatic carbocycles. The molecule has 1 aliphatic rings. The van der Waals surface area contributed by atoms with Crippen molar-refractivity contribution in [3.8, 4) is 0 Å². The number of anilines is 2. The summed E-state index contributed by atoms with van der Waals surface area (Å²) >= 11 is 7.24. The second-order valence-electron chi connectivity index (χ2n) is 9.90. The van der Waals surface area contributed by atoms with Crippen molar-refractivity contribution in [3.05, 3.63) is 63.4 Å². The zero-order valence-electron chi connectivity index (χ0n) is 21.5. The lowest BCUT2D eigenvalue weighted by Crippen LogP contribution is -2.41. The van der Waals surface area contributed by atoms with Crippen molar-refractivity contribution < 1.29 is 36.4 Å². The van der Waals surface area contributed by atoms with E-state index in [1.807, 2.05) is 27.7 Å². The Morgan fingerprint density at radius 3 is 2.36 bits per heavy atom. The first-order chi connectivity index (χ1) is 18.0. The van der Waals surface area contributed by atoms with E-state index in [1.54, 1.807) is 19.1 Å². The zero-order valence-corrected chi connectivity index (χ0v) is 23.9. The number of nitrogens with one attached hydrogen (secondary N) is 1. The molecule has 208 valence electrons. The lowest BCUT2D eigenvalue weighted by Gasteiger charge is -2.32. The SMILES string of the molecule is C[C@H](Nc1cc(F)c(S(=O)(=O)N(C(=O)O)c2cscn2)cc1Cl)c1cc(B2OC(C)(C)C(C)(C)O2)ccc1F. The molecule has 1 fully saturated rings. The standard InChI is InChI=1S/C24H25BClF2N3O6S2/c1-13(15-8-14(6-7-17(15)27)25-36-23(2,3)24(4,5)37-25)30-19-10-18(28)20(9-16(19)26)39(34,35)31(22(32)33)21-11-38-12-29-21/h6-13,30H,1-5H3,(H,32,33)/t13-/m0/s1. The second kappa shape index (κ2) is 10.3. The highest BCUT2D eigenvalue weighted by Crippen LogP contribution is 2.37. The average molecular weight is 600 g/mol. The van der Waals surface area contributed by atoms with Gasteiger partial charge in [0, 0.05) is 10.9 Å². The number of carbonyl (C=O) groups is 1. The first-order valence-corrected chi connectivity index (χ1v) is 14.4. The second-order valence-corrected chi connectivity index (χ2v) is 12.8. The maximum absolute atomic E-state index is 15.1. The Morgan fingerprint density at radius 2 is 1.79 bits per heavy atom.